The number of hydrazone groups is 1. The molecule has 0 saturated heterocycles. The Morgan fingerprint density at radius 3 is 2.43 bits per heavy atom. The van der Waals surface area contributed by atoms with E-state index in [1.807, 2.05) is 20.8 Å². The molecule has 1 atom stereocenters. The minimum absolute atomic E-state index is 0.362. The molecule has 0 aliphatic rings. The smallest absolute Gasteiger partial charge is 0.167 e. The van der Waals surface area contributed by atoms with Crippen LogP contribution in [-0.2, 0) is 0 Å². The highest BCUT2D eigenvalue weighted by molar-refractivity contribution is 5.85. The Balaban J connectivity index is 4.26. The van der Waals surface area contributed by atoms with Crippen molar-refractivity contribution in [3.63, 3.8) is 0 Å². The van der Waals surface area contributed by atoms with E-state index in [1.54, 1.807) is 0 Å². The Morgan fingerprint density at radius 2 is 2.07 bits per heavy atom. The zero-order valence-electron chi connectivity index (χ0n) is 9.27. The highest BCUT2D eigenvalue weighted by atomic mass is 16.3. The fraction of sp³-hybridized carbons (Fsp3) is 0.889. The molecule has 0 aromatic rings. The van der Waals surface area contributed by atoms with Gasteiger partial charge in [-0.1, -0.05) is 20.8 Å². The van der Waals surface area contributed by atoms with Crippen LogP contribution >= 0.6 is 0 Å². The number of aliphatic hydroxyl groups is 1. The van der Waals surface area contributed by atoms with E-state index >= 15 is 0 Å². The summed E-state index contributed by atoms with van der Waals surface area (Å²) in [5, 5.41) is 14.7. The van der Waals surface area contributed by atoms with Crippen LogP contribution in [0.25, 0.3) is 0 Å². The molecule has 84 valence electrons. The number of rotatable bonds is 5. The first-order valence-corrected chi connectivity index (χ1v) is 5.01. The normalized spacial score (nSPS) is 14.6. The molecule has 14 heavy (non-hydrogen) atoms. The average molecular weight is 202 g/mol. The number of nitrogens with zero attached hydrogens (tertiary/aromatic N) is 2. The lowest BCUT2D eigenvalue weighted by atomic mass is 10.1. The molecule has 0 aliphatic carbocycles. The van der Waals surface area contributed by atoms with Gasteiger partial charge >= 0.3 is 0 Å². The predicted octanol–water partition coefficient (Wildman–Crippen LogP) is 0.251. The monoisotopic (exact) mass is 202 g/mol. The van der Waals surface area contributed by atoms with E-state index in [4.69, 9.17) is 11.7 Å². The standard InChI is InChI=1S/C9H22N4O/c1-4-5-13(11)9(12-10)8(14)6-7(2)3/h7-8,14H,4-6,10-11H2,1-3H3/b12-9-. The van der Waals surface area contributed by atoms with Crippen molar-refractivity contribution in [2.24, 2.45) is 22.7 Å². The molecule has 0 bridgehead atoms. The summed E-state index contributed by atoms with van der Waals surface area (Å²) < 4.78 is 0. The second kappa shape index (κ2) is 6.62. The maximum Gasteiger partial charge on any atom is 0.167 e. The van der Waals surface area contributed by atoms with Crippen LogP contribution in [0.5, 0.6) is 0 Å². The van der Waals surface area contributed by atoms with Crippen LogP contribution in [0, 0.1) is 5.92 Å². The van der Waals surface area contributed by atoms with Crippen LogP contribution in [0.2, 0.25) is 0 Å². The molecule has 0 aliphatic heterocycles. The molecule has 0 spiro atoms. The quantitative estimate of drug-likeness (QED) is 0.258. The Hall–Kier alpha value is -0.810. The van der Waals surface area contributed by atoms with Gasteiger partial charge in [-0.2, -0.15) is 5.10 Å². The number of nitrogens with two attached hydrogens (primary N) is 2. The van der Waals surface area contributed by atoms with Gasteiger partial charge < -0.3 is 10.9 Å². The van der Waals surface area contributed by atoms with Crippen molar-refractivity contribution in [3.05, 3.63) is 0 Å². The van der Waals surface area contributed by atoms with E-state index in [1.165, 1.54) is 5.01 Å². The molecule has 0 rings (SSSR count). The lowest BCUT2D eigenvalue weighted by molar-refractivity contribution is 0.192. The molecule has 5 N–H and O–H groups in total. The third kappa shape index (κ3) is 4.43. The van der Waals surface area contributed by atoms with Crippen LogP contribution in [0.1, 0.15) is 33.6 Å². The Labute approximate surface area is 85.7 Å². The van der Waals surface area contributed by atoms with Crippen LogP contribution in [-0.4, -0.2) is 28.6 Å². The van der Waals surface area contributed by atoms with E-state index in [0.29, 0.717) is 24.7 Å². The van der Waals surface area contributed by atoms with Crippen molar-refractivity contribution in [2.75, 3.05) is 6.54 Å². The maximum atomic E-state index is 9.74. The lowest BCUT2D eigenvalue weighted by Crippen LogP contribution is -2.45. The summed E-state index contributed by atoms with van der Waals surface area (Å²) in [7, 11) is 0. The van der Waals surface area contributed by atoms with Crippen LogP contribution in [0.3, 0.4) is 0 Å². The van der Waals surface area contributed by atoms with Crippen molar-refractivity contribution in [3.8, 4) is 0 Å². The minimum Gasteiger partial charge on any atom is -0.385 e. The SMILES string of the molecule is CCCN(N)/C(=N\N)C(O)CC(C)C. The van der Waals surface area contributed by atoms with Crippen LogP contribution in [0.4, 0.5) is 0 Å². The average Bonchev–Trinajstić information content (AvgIpc) is 2.04. The van der Waals surface area contributed by atoms with E-state index < -0.39 is 6.10 Å². The molecular weight excluding hydrogens is 180 g/mol. The molecule has 0 radical (unpaired) electrons. The summed E-state index contributed by atoms with van der Waals surface area (Å²) in [6, 6.07) is 0. The highest BCUT2D eigenvalue weighted by Gasteiger charge is 2.18. The van der Waals surface area contributed by atoms with Gasteiger partial charge in [-0.25, -0.2) is 5.84 Å². The number of hydrogen-bond acceptors (Lipinski definition) is 4. The number of amidine groups is 1. The zero-order valence-corrected chi connectivity index (χ0v) is 9.27. The number of aliphatic hydroxyl groups excluding tert-OH is 1. The van der Waals surface area contributed by atoms with E-state index in [2.05, 4.69) is 5.10 Å². The van der Waals surface area contributed by atoms with Gasteiger partial charge in [-0.15, -0.1) is 0 Å². The van der Waals surface area contributed by atoms with Crippen LogP contribution < -0.4 is 11.7 Å². The van der Waals surface area contributed by atoms with Gasteiger partial charge in [0.15, 0.2) is 5.84 Å². The first-order chi connectivity index (χ1) is 6.52. The maximum absolute atomic E-state index is 9.74. The molecule has 0 amide bonds. The van der Waals surface area contributed by atoms with Crippen molar-refractivity contribution in [2.45, 2.75) is 39.7 Å². The molecule has 5 nitrogen and oxygen atoms in total. The molecule has 0 fully saturated rings. The molecule has 1 unspecified atom stereocenters. The molecule has 0 saturated carbocycles. The minimum atomic E-state index is -0.670. The number of hydrogen-bond donors (Lipinski definition) is 3. The van der Waals surface area contributed by atoms with Gasteiger partial charge in [-0.05, 0) is 18.8 Å². The van der Waals surface area contributed by atoms with E-state index in [9.17, 15) is 5.11 Å². The first kappa shape index (κ1) is 13.2. The summed E-state index contributed by atoms with van der Waals surface area (Å²) in [4.78, 5) is 0. The molecule has 0 heterocycles. The molecule has 0 aromatic carbocycles. The van der Waals surface area contributed by atoms with Gasteiger partial charge in [0.25, 0.3) is 0 Å². The Morgan fingerprint density at radius 1 is 1.50 bits per heavy atom. The summed E-state index contributed by atoms with van der Waals surface area (Å²) in [6.07, 6.45) is 0.841. The highest BCUT2D eigenvalue weighted by Crippen LogP contribution is 2.07. The number of hydrazine groups is 1. The summed E-state index contributed by atoms with van der Waals surface area (Å²) >= 11 is 0. The third-order valence-corrected chi connectivity index (χ3v) is 1.88. The van der Waals surface area contributed by atoms with Gasteiger partial charge in [0.2, 0.25) is 0 Å². The van der Waals surface area contributed by atoms with Crippen molar-refractivity contribution in [1.82, 2.24) is 5.01 Å². The molecular formula is C9H22N4O. The van der Waals surface area contributed by atoms with E-state index in [0.717, 1.165) is 6.42 Å². The summed E-state index contributed by atoms with van der Waals surface area (Å²) in [5.74, 6) is 11.6. The largest absolute Gasteiger partial charge is 0.385 e. The van der Waals surface area contributed by atoms with E-state index in [-0.39, 0.29) is 0 Å². The van der Waals surface area contributed by atoms with Crippen molar-refractivity contribution >= 4 is 5.84 Å². The van der Waals surface area contributed by atoms with Gasteiger partial charge in [-0.3, -0.25) is 5.01 Å². The third-order valence-electron chi connectivity index (χ3n) is 1.88. The zero-order chi connectivity index (χ0) is 11.1. The first-order valence-electron chi connectivity index (χ1n) is 5.01. The molecule has 5 heteroatoms. The van der Waals surface area contributed by atoms with Crippen LogP contribution in [0.15, 0.2) is 5.10 Å². The summed E-state index contributed by atoms with van der Waals surface area (Å²) in [5.41, 5.74) is 0. The van der Waals surface area contributed by atoms with Gasteiger partial charge in [0.05, 0.1) is 0 Å². The van der Waals surface area contributed by atoms with Gasteiger partial charge in [0, 0.05) is 6.54 Å². The predicted molar refractivity (Wildman–Crippen MR) is 58.3 cm³/mol. The molecule has 0 aromatic heterocycles. The van der Waals surface area contributed by atoms with Crippen molar-refractivity contribution in [1.29, 1.82) is 0 Å². The fourth-order valence-electron chi connectivity index (χ4n) is 1.26. The second-order valence-electron chi connectivity index (χ2n) is 3.83. The fourth-order valence-corrected chi connectivity index (χ4v) is 1.26. The Bertz CT molecular complexity index is 182. The van der Waals surface area contributed by atoms with Gasteiger partial charge in [0.1, 0.15) is 6.10 Å². The lowest BCUT2D eigenvalue weighted by Gasteiger charge is -2.23. The van der Waals surface area contributed by atoms with Crippen molar-refractivity contribution < 1.29 is 5.11 Å². The second-order valence-corrected chi connectivity index (χ2v) is 3.83. The summed E-state index contributed by atoms with van der Waals surface area (Å²) in [6.45, 7) is 6.70. The topological polar surface area (TPSA) is 87.9 Å². The Kier molecular flexibility index (Phi) is 6.23.